The van der Waals surface area contributed by atoms with Crippen LogP contribution in [0.4, 0.5) is 0 Å². The zero-order valence-corrected chi connectivity index (χ0v) is 24.9. The average molecular weight is 541 g/mol. The van der Waals surface area contributed by atoms with Gasteiger partial charge >= 0.3 is 200 Å². The zero-order valence-electron chi connectivity index (χ0n) is 21.7. The van der Waals surface area contributed by atoms with Crippen LogP contribution in [0.3, 0.4) is 0 Å². The first-order valence-electron chi connectivity index (χ1n) is 11.2. The van der Waals surface area contributed by atoms with Gasteiger partial charge in [0, 0.05) is 0 Å². The Labute approximate surface area is 224 Å². The van der Waals surface area contributed by atoms with E-state index in [9.17, 15) is 0 Å². The molecule has 1 heterocycles. The Bertz CT molecular complexity index is 1070. The summed E-state index contributed by atoms with van der Waals surface area (Å²) in [6.07, 6.45) is 1.76. The number of hydrogen-bond acceptors (Lipinski definition) is 3. The van der Waals surface area contributed by atoms with Crippen molar-refractivity contribution in [2.75, 3.05) is 0 Å². The van der Waals surface area contributed by atoms with E-state index in [4.69, 9.17) is 11.1 Å². The molecule has 0 aliphatic rings. The minimum Gasteiger partial charge on any atom is -0.147 e. The molecule has 0 radical (unpaired) electrons. The van der Waals surface area contributed by atoms with E-state index in [-0.39, 0.29) is 35.6 Å². The van der Waals surface area contributed by atoms with Crippen molar-refractivity contribution in [3.63, 3.8) is 0 Å². The van der Waals surface area contributed by atoms with E-state index in [2.05, 4.69) is 96.1 Å². The average Bonchev–Trinajstić information content (AvgIpc) is 3.07. The summed E-state index contributed by atoms with van der Waals surface area (Å²) in [6.45, 7) is 19.5. The molecule has 0 aliphatic heterocycles. The number of rotatable bonds is 5. The molecule has 3 nitrogen and oxygen atoms in total. The molecule has 6 heteroatoms. The molecule has 0 saturated heterocycles. The van der Waals surface area contributed by atoms with Crippen LogP contribution in [0, 0.1) is 20.8 Å². The molecule has 2 aromatic carbocycles. The van der Waals surface area contributed by atoms with Gasteiger partial charge in [-0.2, -0.15) is 0 Å². The second-order valence-electron chi connectivity index (χ2n) is 10.7. The molecule has 3 rings (SSSR count). The first kappa shape index (κ1) is 30.5. The summed E-state index contributed by atoms with van der Waals surface area (Å²) in [5.74, 6) is 2.58. The van der Waals surface area contributed by atoms with Crippen molar-refractivity contribution in [1.82, 2.24) is 0 Å². The first-order valence-corrected chi connectivity index (χ1v) is 13.4. The van der Waals surface area contributed by atoms with Gasteiger partial charge in [-0.3, -0.25) is 0 Å². The van der Waals surface area contributed by atoms with Crippen LogP contribution in [0.1, 0.15) is 75.1 Å². The van der Waals surface area contributed by atoms with Crippen LogP contribution >= 0.6 is 24.8 Å². The van der Waals surface area contributed by atoms with Crippen molar-refractivity contribution < 1.29 is 29.2 Å². The number of aryl methyl sites for hydroxylation is 3. The Kier molecular flexibility index (Phi) is 10.7. The third-order valence-electron chi connectivity index (χ3n) is 5.32. The standard InChI is InChI=1S/2C11H16O.C6H6O.2ClH.Ti/c2*1-8-5-6-10(12)9(7-8)11(2,3)4;1-5-3-6(2)7-4-5;;;/h2*5-7,12H,1-4H3;2-4H,1H3;2*1H;/q;;;;;+2/p-2. The Hall–Kier alpha value is -1.52. The molecule has 0 atom stereocenters. The van der Waals surface area contributed by atoms with E-state index >= 15 is 0 Å². The van der Waals surface area contributed by atoms with Crippen molar-refractivity contribution in [3.8, 4) is 11.5 Å². The van der Waals surface area contributed by atoms with E-state index < -0.39 is 18.2 Å². The van der Waals surface area contributed by atoms with Crippen molar-refractivity contribution in [1.29, 1.82) is 0 Å². The van der Waals surface area contributed by atoms with Gasteiger partial charge in [0.15, 0.2) is 0 Å². The molecule has 0 N–H and O–H groups in total. The number of halogens is 2. The zero-order chi connectivity index (χ0) is 23.7. The van der Waals surface area contributed by atoms with E-state index in [0.717, 1.165) is 22.8 Å². The number of furan rings is 1. The molecule has 3 aromatic rings. The van der Waals surface area contributed by atoms with Crippen LogP contribution in [-0.2, 0) is 29.0 Å². The monoisotopic (exact) mass is 540 g/mol. The molecule has 0 fully saturated rings. The van der Waals surface area contributed by atoms with Crippen LogP contribution in [0.25, 0.3) is 0 Å². The van der Waals surface area contributed by atoms with Gasteiger partial charge in [0.05, 0.1) is 0 Å². The summed E-state index contributed by atoms with van der Waals surface area (Å²) in [4.78, 5) is 0. The molecule has 34 heavy (non-hydrogen) atoms. The van der Waals surface area contributed by atoms with Crippen LogP contribution in [-0.4, -0.2) is 4.31 Å². The van der Waals surface area contributed by atoms with Crippen molar-refractivity contribution in [2.45, 2.75) is 73.1 Å². The first-order chi connectivity index (χ1) is 14.8. The normalized spacial score (nSPS) is 11.2. The maximum atomic E-state index is 6.67. The Morgan fingerprint density at radius 3 is 1.47 bits per heavy atom. The van der Waals surface area contributed by atoms with Gasteiger partial charge in [-0.05, 0) is 0 Å². The second-order valence-corrected chi connectivity index (χ2v) is 12.8. The maximum Gasteiger partial charge on any atom is -0.147 e. The van der Waals surface area contributed by atoms with Crippen LogP contribution in [0.15, 0.2) is 53.1 Å². The molecular formula is C28H38Cl2O3Ti. The van der Waals surface area contributed by atoms with Crippen molar-refractivity contribution in [2.24, 2.45) is 0 Å². The third kappa shape index (κ3) is 8.02. The molecule has 186 valence electrons. The van der Waals surface area contributed by atoms with Gasteiger partial charge in [0.2, 0.25) is 0 Å². The number of benzene rings is 2. The smallest absolute Gasteiger partial charge is 0.147 e. The van der Waals surface area contributed by atoms with Crippen molar-refractivity contribution >= 4 is 29.1 Å². The molecule has 0 unspecified atom stereocenters. The van der Waals surface area contributed by atoms with E-state index in [1.807, 2.05) is 13.0 Å². The van der Waals surface area contributed by atoms with Gasteiger partial charge in [0.25, 0.3) is 0 Å². The van der Waals surface area contributed by atoms with Gasteiger partial charge in [-0.1, -0.05) is 0 Å². The Balaban J connectivity index is 0.00000289. The molecule has 0 aliphatic carbocycles. The summed E-state index contributed by atoms with van der Waals surface area (Å²) >= 11 is -2.69. The third-order valence-corrected chi connectivity index (χ3v) is 7.45. The van der Waals surface area contributed by atoms with E-state index in [1.165, 1.54) is 22.3 Å². The van der Waals surface area contributed by atoms with Gasteiger partial charge in [-0.15, -0.1) is 24.8 Å². The molecule has 1 aromatic heterocycles. The Morgan fingerprint density at radius 2 is 1.12 bits per heavy atom. The van der Waals surface area contributed by atoms with E-state index in [0.29, 0.717) is 0 Å². The topological polar surface area (TPSA) is 31.6 Å². The fraction of sp³-hybridized carbons (Fsp3) is 0.393. The fourth-order valence-corrected chi connectivity index (χ4v) is 5.66. The largest absolute Gasteiger partial charge is 0.147 e. The molecule has 0 spiro atoms. The summed E-state index contributed by atoms with van der Waals surface area (Å²) in [5, 5.41) is 0. The maximum absolute atomic E-state index is 6.67. The van der Waals surface area contributed by atoms with Gasteiger partial charge in [-0.25, -0.2) is 0 Å². The van der Waals surface area contributed by atoms with Crippen LogP contribution in [0.2, 0.25) is 0 Å². The van der Waals surface area contributed by atoms with Crippen LogP contribution < -0.4 is 6.64 Å². The number of hydrogen-bond donors (Lipinski definition) is 0. The molecule has 0 saturated carbocycles. The summed E-state index contributed by atoms with van der Waals surface area (Å²) in [7, 11) is 0. The van der Waals surface area contributed by atoms with Gasteiger partial charge < -0.3 is 0 Å². The predicted octanol–water partition coefficient (Wildman–Crippen LogP) is 8.40. The second kappa shape index (κ2) is 11.9. The SMILES string of the molecule is Cc1coc([CH]=[Ti]([O]c2ccc(C)cc2C(C)(C)C)[O]c2ccc(C)cc2C(C)(C)C)c1.Cl.Cl. The quantitative estimate of drug-likeness (QED) is 0.304. The fourth-order valence-electron chi connectivity index (χ4n) is 3.58. The van der Waals surface area contributed by atoms with Crippen molar-refractivity contribution in [3.05, 3.63) is 82.3 Å². The Morgan fingerprint density at radius 1 is 0.676 bits per heavy atom. The van der Waals surface area contributed by atoms with Crippen LogP contribution in [0.5, 0.6) is 11.5 Å². The summed E-state index contributed by atoms with van der Waals surface area (Å²) in [5.41, 5.74) is 5.85. The summed E-state index contributed by atoms with van der Waals surface area (Å²) in [6, 6.07) is 14.8. The minimum atomic E-state index is -2.69. The molecule has 0 bridgehead atoms. The van der Waals surface area contributed by atoms with Gasteiger partial charge in [0.1, 0.15) is 0 Å². The molecular weight excluding hydrogens is 503 g/mol. The minimum absolute atomic E-state index is 0. The predicted molar refractivity (Wildman–Crippen MR) is 144 cm³/mol. The summed E-state index contributed by atoms with van der Waals surface area (Å²) < 4.78 is 21.1. The molecule has 0 amide bonds. The van der Waals surface area contributed by atoms with E-state index in [1.54, 1.807) is 6.26 Å².